The maximum atomic E-state index is 13.6. The molecule has 0 bridgehead atoms. The van der Waals surface area contributed by atoms with Crippen LogP contribution in [0.4, 0.5) is 13.2 Å². The predicted octanol–water partition coefficient (Wildman–Crippen LogP) is 4.51. The second-order valence-corrected chi connectivity index (χ2v) is 3.80. The molecule has 2 rings (SSSR count). The summed E-state index contributed by atoms with van der Waals surface area (Å²) in [5, 5.41) is 0. The third-order valence-electron chi connectivity index (χ3n) is 2.46. The van der Waals surface area contributed by atoms with Crippen molar-refractivity contribution < 1.29 is 13.2 Å². The van der Waals surface area contributed by atoms with E-state index in [4.69, 9.17) is 11.6 Å². The fraction of sp³-hybridized carbons (Fsp3) is 0.0769. The first-order valence-corrected chi connectivity index (χ1v) is 5.45. The standard InChI is InChI=1S/C13H8ClF3/c14-7-8-3-1-2-4-9(8)10-5-12(16)13(17)6-11(10)15/h1-6H,7H2. The largest absolute Gasteiger partial charge is 0.206 e. The maximum absolute atomic E-state index is 13.6. The molecule has 0 heterocycles. The Morgan fingerprint density at radius 2 is 1.47 bits per heavy atom. The van der Waals surface area contributed by atoms with E-state index < -0.39 is 17.5 Å². The Labute approximate surface area is 102 Å². The van der Waals surface area contributed by atoms with E-state index in [1.807, 2.05) is 0 Å². The van der Waals surface area contributed by atoms with Gasteiger partial charge in [-0.1, -0.05) is 24.3 Å². The molecule has 0 N–H and O–H groups in total. The Kier molecular flexibility index (Phi) is 3.38. The summed E-state index contributed by atoms with van der Waals surface area (Å²) in [7, 11) is 0. The molecular formula is C13H8ClF3. The molecule has 0 aliphatic carbocycles. The van der Waals surface area contributed by atoms with Crippen molar-refractivity contribution in [2.24, 2.45) is 0 Å². The van der Waals surface area contributed by atoms with E-state index in [1.165, 1.54) is 0 Å². The Hall–Kier alpha value is -1.48. The van der Waals surface area contributed by atoms with Crippen molar-refractivity contribution in [1.29, 1.82) is 0 Å². The molecule has 2 aromatic carbocycles. The second-order valence-electron chi connectivity index (χ2n) is 3.54. The summed E-state index contributed by atoms with van der Waals surface area (Å²) in [6.07, 6.45) is 0. The molecule has 0 fully saturated rings. The molecule has 0 radical (unpaired) electrons. The van der Waals surface area contributed by atoms with Crippen molar-refractivity contribution in [3.8, 4) is 11.1 Å². The van der Waals surface area contributed by atoms with E-state index >= 15 is 0 Å². The van der Waals surface area contributed by atoms with Crippen LogP contribution in [0.1, 0.15) is 5.56 Å². The molecule has 0 aliphatic heterocycles. The van der Waals surface area contributed by atoms with Crippen LogP contribution in [-0.4, -0.2) is 0 Å². The fourth-order valence-corrected chi connectivity index (χ4v) is 1.86. The van der Waals surface area contributed by atoms with E-state index in [1.54, 1.807) is 24.3 Å². The van der Waals surface area contributed by atoms with Crippen LogP contribution in [0.25, 0.3) is 11.1 Å². The van der Waals surface area contributed by atoms with Gasteiger partial charge in [0.1, 0.15) is 5.82 Å². The first-order valence-electron chi connectivity index (χ1n) is 4.92. The number of benzene rings is 2. The Morgan fingerprint density at radius 1 is 0.824 bits per heavy atom. The van der Waals surface area contributed by atoms with Crippen molar-refractivity contribution >= 4 is 11.6 Å². The molecule has 0 aromatic heterocycles. The zero-order valence-corrected chi connectivity index (χ0v) is 9.44. The maximum Gasteiger partial charge on any atom is 0.161 e. The van der Waals surface area contributed by atoms with Crippen LogP contribution >= 0.6 is 11.6 Å². The lowest BCUT2D eigenvalue weighted by molar-refractivity contribution is 0.496. The van der Waals surface area contributed by atoms with Crippen molar-refractivity contribution in [1.82, 2.24) is 0 Å². The number of hydrogen-bond donors (Lipinski definition) is 0. The molecule has 0 amide bonds. The average molecular weight is 257 g/mol. The third kappa shape index (κ3) is 2.29. The second kappa shape index (κ2) is 4.80. The highest BCUT2D eigenvalue weighted by Gasteiger charge is 2.13. The summed E-state index contributed by atoms with van der Waals surface area (Å²) < 4.78 is 39.5. The number of halogens is 4. The number of hydrogen-bond acceptors (Lipinski definition) is 0. The molecule has 0 atom stereocenters. The molecule has 0 unspecified atom stereocenters. The highest BCUT2D eigenvalue weighted by molar-refractivity contribution is 6.17. The topological polar surface area (TPSA) is 0 Å². The summed E-state index contributed by atoms with van der Waals surface area (Å²) >= 11 is 5.72. The van der Waals surface area contributed by atoms with E-state index in [2.05, 4.69) is 0 Å². The zero-order valence-electron chi connectivity index (χ0n) is 8.68. The van der Waals surface area contributed by atoms with Gasteiger partial charge < -0.3 is 0 Å². The lowest BCUT2D eigenvalue weighted by Crippen LogP contribution is -1.94. The quantitative estimate of drug-likeness (QED) is 0.548. The van der Waals surface area contributed by atoms with Gasteiger partial charge in [-0.25, -0.2) is 13.2 Å². The molecule has 2 aromatic rings. The molecule has 17 heavy (non-hydrogen) atoms. The van der Waals surface area contributed by atoms with Gasteiger partial charge in [0, 0.05) is 17.5 Å². The van der Waals surface area contributed by atoms with Gasteiger partial charge in [0.25, 0.3) is 0 Å². The van der Waals surface area contributed by atoms with Gasteiger partial charge in [0.15, 0.2) is 11.6 Å². The first-order chi connectivity index (χ1) is 8.13. The summed E-state index contributed by atoms with van der Waals surface area (Å²) in [6, 6.07) is 8.15. The lowest BCUT2D eigenvalue weighted by Gasteiger charge is -2.08. The van der Waals surface area contributed by atoms with Gasteiger partial charge in [0.05, 0.1) is 0 Å². The number of alkyl halides is 1. The Balaban J connectivity index is 2.64. The molecule has 0 spiro atoms. The first kappa shape index (κ1) is 12.0. The van der Waals surface area contributed by atoms with Crippen LogP contribution in [0, 0.1) is 17.5 Å². The van der Waals surface area contributed by atoms with Crippen molar-refractivity contribution in [3.05, 3.63) is 59.4 Å². The third-order valence-corrected chi connectivity index (χ3v) is 2.75. The van der Waals surface area contributed by atoms with Gasteiger partial charge in [-0.3, -0.25) is 0 Å². The molecule has 0 saturated heterocycles. The molecule has 88 valence electrons. The predicted molar refractivity (Wildman–Crippen MR) is 61.3 cm³/mol. The average Bonchev–Trinajstić information content (AvgIpc) is 2.34. The minimum absolute atomic E-state index is 0.0140. The van der Waals surface area contributed by atoms with Crippen molar-refractivity contribution in [3.63, 3.8) is 0 Å². The van der Waals surface area contributed by atoms with E-state index in [-0.39, 0.29) is 11.4 Å². The van der Waals surface area contributed by atoms with Crippen LogP contribution in [0.15, 0.2) is 36.4 Å². The summed E-state index contributed by atoms with van der Waals surface area (Å²) in [5.41, 5.74) is 1.15. The smallest absolute Gasteiger partial charge is 0.161 e. The van der Waals surface area contributed by atoms with Gasteiger partial charge in [-0.05, 0) is 17.2 Å². The molecular weight excluding hydrogens is 249 g/mol. The Morgan fingerprint density at radius 3 is 2.18 bits per heavy atom. The van der Waals surface area contributed by atoms with Crippen molar-refractivity contribution in [2.45, 2.75) is 5.88 Å². The summed E-state index contributed by atoms with van der Waals surface area (Å²) in [5.74, 6) is -2.91. The highest BCUT2D eigenvalue weighted by atomic mass is 35.5. The van der Waals surface area contributed by atoms with Crippen LogP contribution in [0.2, 0.25) is 0 Å². The summed E-state index contributed by atoms with van der Waals surface area (Å²) in [4.78, 5) is 0. The highest BCUT2D eigenvalue weighted by Crippen LogP contribution is 2.28. The van der Waals surface area contributed by atoms with Gasteiger partial charge in [-0.15, -0.1) is 11.6 Å². The molecule has 0 nitrogen and oxygen atoms in total. The zero-order chi connectivity index (χ0) is 12.4. The van der Waals surface area contributed by atoms with Gasteiger partial charge in [-0.2, -0.15) is 0 Å². The summed E-state index contributed by atoms with van der Waals surface area (Å²) in [6.45, 7) is 0. The molecule has 0 aliphatic rings. The molecule has 4 heteroatoms. The van der Waals surface area contributed by atoms with Crippen LogP contribution in [-0.2, 0) is 5.88 Å². The SMILES string of the molecule is Fc1cc(F)c(-c2ccccc2CCl)cc1F. The number of rotatable bonds is 2. The van der Waals surface area contributed by atoms with Crippen molar-refractivity contribution in [2.75, 3.05) is 0 Å². The van der Waals surface area contributed by atoms with Crippen LogP contribution in [0.5, 0.6) is 0 Å². The van der Waals surface area contributed by atoms with E-state index in [0.717, 1.165) is 6.07 Å². The minimum atomic E-state index is -1.20. The normalized spacial score (nSPS) is 10.6. The van der Waals surface area contributed by atoms with Crippen LogP contribution < -0.4 is 0 Å². The Bertz CT molecular complexity index is 552. The fourth-order valence-electron chi connectivity index (χ4n) is 1.63. The monoisotopic (exact) mass is 256 g/mol. The van der Waals surface area contributed by atoms with E-state index in [9.17, 15) is 13.2 Å². The lowest BCUT2D eigenvalue weighted by atomic mass is 10.00. The van der Waals surface area contributed by atoms with Gasteiger partial charge >= 0.3 is 0 Å². The molecule has 0 saturated carbocycles. The van der Waals surface area contributed by atoms with Crippen LogP contribution in [0.3, 0.4) is 0 Å². The van der Waals surface area contributed by atoms with Gasteiger partial charge in [0.2, 0.25) is 0 Å². The van der Waals surface area contributed by atoms with E-state index in [0.29, 0.717) is 17.2 Å². The minimum Gasteiger partial charge on any atom is -0.206 e.